The first-order valence-electron chi connectivity index (χ1n) is 0.986. The smallest absolute Gasteiger partial charge is 0 e. The van der Waals surface area contributed by atoms with Crippen molar-refractivity contribution in [2.75, 3.05) is 0 Å². The minimum absolute atomic E-state index is 0. The summed E-state index contributed by atoms with van der Waals surface area (Å²) in [7, 11) is 0.639. The standard InChI is InChI=1S/C2BO2.2W/c4-1-3-2-5;;/q-2;;. The van der Waals surface area contributed by atoms with Gasteiger partial charge in [0.2, 0.25) is 0 Å². The molecule has 0 aliphatic carbocycles. The van der Waals surface area contributed by atoms with E-state index in [1.54, 1.807) is 0 Å². The molecule has 0 aliphatic rings. The monoisotopic (exact) mass is 435 g/mol. The van der Waals surface area contributed by atoms with E-state index >= 15 is 0 Å². The number of rotatable bonds is 2. The average Bonchev–Trinajstić information content (AvgIpc) is 1.41. The molecule has 0 saturated carbocycles. The van der Waals surface area contributed by atoms with Gasteiger partial charge in [0.1, 0.15) is 0 Å². The second kappa shape index (κ2) is 15.9. The maximum atomic E-state index is 8.96. The summed E-state index contributed by atoms with van der Waals surface area (Å²) in [5, 5.41) is 0. The molecule has 0 saturated heterocycles. The molecule has 5 heteroatoms. The molecule has 0 unspecified atom stereocenters. The Balaban J connectivity index is -0.0000000800. The van der Waals surface area contributed by atoms with Crippen LogP contribution in [0.5, 0.6) is 0 Å². The Bertz CT molecular complexity index is 43.0. The molecule has 0 aromatic rings. The maximum absolute atomic E-state index is 8.96. The van der Waals surface area contributed by atoms with Crippen LogP contribution in [0.2, 0.25) is 0 Å². The van der Waals surface area contributed by atoms with E-state index in [1.165, 1.54) is 12.4 Å². The van der Waals surface area contributed by atoms with Gasteiger partial charge in [0.15, 0.2) is 0 Å². The maximum Gasteiger partial charge on any atom is 0 e. The summed E-state index contributed by atoms with van der Waals surface area (Å²) < 4.78 is 0. The molecule has 0 amide bonds. The van der Waals surface area contributed by atoms with Crippen LogP contribution in [0.25, 0.3) is 0 Å². The van der Waals surface area contributed by atoms with E-state index in [9.17, 15) is 0 Å². The Kier molecular flexibility index (Phi) is 35.4. The molecule has 0 bridgehead atoms. The molecule has 0 rings (SSSR count). The van der Waals surface area contributed by atoms with Crippen molar-refractivity contribution in [3.8, 4) is 0 Å². The molecule has 7 heavy (non-hydrogen) atoms. The molecule has 0 aliphatic heterocycles. The summed E-state index contributed by atoms with van der Waals surface area (Å²) in [6.45, 7) is 0. The van der Waals surface area contributed by atoms with Crippen LogP contribution in [-0.4, -0.2) is 19.7 Å². The third-order valence-electron chi connectivity index (χ3n) is 0.118. The fourth-order valence-electron chi connectivity index (χ4n) is 0.0241. The van der Waals surface area contributed by atoms with Gasteiger partial charge in [-0.1, -0.05) is 0 Å². The second-order valence-electron chi connectivity index (χ2n) is 0.380. The van der Waals surface area contributed by atoms with Crippen LogP contribution < -0.4 is 0 Å². The van der Waals surface area contributed by atoms with Gasteiger partial charge in [0, 0.05) is 42.1 Å². The Morgan fingerprint density at radius 3 is 1.29 bits per heavy atom. The van der Waals surface area contributed by atoms with Gasteiger partial charge < -0.3 is 22.0 Å². The van der Waals surface area contributed by atoms with Gasteiger partial charge in [-0.15, -0.1) is 0 Å². The average molecular weight is 435 g/mol. The first kappa shape index (κ1) is 15.7. The third-order valence-corrected chi connectivity index (χ3v) is 0.118. The van der Waals surface area contributed by atoms with Crippen LogP contribution in [0.15, 0.2) is 0 Å². The molecular weight excluding hydrogens is 435 g/mol. The summed E-state index contributed by atoms with van der Waals surface area (Å²) in [6, 6.07) is 0. The van der Waals surface area contributed by atoms with Gasteiger partial charge in [0.25, 0.3) is 0 Å². The van der Waals surface area contributed by atoms with Gasteiger partial charge >= 0.3 is 0 Å². The van der Waals surface area contributed by atoms with Gasteiger partial charge in [-0.05, 0) is 0 Å². The molecule has 0 N–H and O–H groups in total. The van der Waals surface area contributed by atoms with E-state index < -0.39 is 0 Å². The molecule has 1 radical (unpaired) electrons. The van der Waals surface area contributed by atoms with Crippen LogP contribution in [0.3, 0.4) is 0 Å². The normalized spacial score (nSPS) is 4.00. The van der Waals surface area contributed by atoms with Crippen molar-refractivity contribution < 1.29 is 51.7 Å². The predicted octanol–water partition coefficient (Wildman–Crippen LogP) is -1.18. The molecule has 2 nitrogen and oxygen atoms in total. The quantitative estimate of drug-likeness (QED) is 0.405. The minimum Gasteiger partial charge on any atom is -0.551 e. The number of hydrogen-bond donors (Lipinski definition) is 0. The van der Waals surface area contributed by atoms with E-state index in [-0.39, 0.29) is 42.1 Å². The van der Waals surface area contributed by atoms with Crippen LogP contribution >= 0.6 is 0 Å². The van der Waals surface area contributed by atoms with E-state index in [1.807, 2.05) is 0 Å². The van der Waals surface area contributed by atoms with E-state index in [0.29, 0.717) is 7.28 Å². The SMILES string of the molecule is O=[C-][B][C-]=O.[W].[W]. The molecule has 0 spiro atoms. The fraction of sp³-hybridized carbons (Fsp3) is 0. The first-order valence-corrected chi connectivity index (χ1v) is 0.986. The van der Waals surface area contributed by atoms with Crippen molar-refractivity contribution in [1.82, 2.24) is 0 Å². The summed E-state index contributed by atoms with van der Waals surface area (Å²) in [5.41, 5.74) is 0. The number of carbonyl (C=O) groups excluding carboxylic acids is 2. The summed E-state index contributed by atoms with van der Waals surface area (Å²) in [4.78, 5) is 17.9. The van der Waals surface area contributed by atoms with Crippen molar-refractivity contribution in [3.05, 3.63) is 0 Å². The summed E-state index contributed by atoms with van der Waals surface area (Å²) in [5.74, 6) is 0. The Morgan fingerprint density at radius 2 is 1.29 bits per heavy atom. The van der Waals surface area contributed by atoms with Crippen molar-refractivity contribution in [1.29, 1.82) is 0 Å². The third kappa shape index (κ3) is 20.0. The fourth-order valence-corrected chi connectivity index (χ4v) is 0.0241. The van der Waals surface area contributed by atoms with Gasteiger partial charge in [-0.2, -0.15) is 0 Å². The number of hydrogen-bond acceptors (Lipinski definition) is 2. The van der Waals surface area contributed by atoms with Crippen LogP contribution in [-0.2, 0) is 51.7 Å². The predicted molar refractivity (Wildman–Crippen MR) is 17.1 cm³/mol. The zero-order valence-electron chi connectivity index (χ0n) is 3.21. The molecular formula is C2BO2W2-2. The van der Waals surface area contributed by atoms with Crippen molar-refractivity contribution >= 4 is 19.7 Å². The molecule has 0 heterocycles. The minimum atomic E-state index is 0. The van der Waals surface area contributed by atoms with Crippen molar-refractivity contribution in [2.24, 2.45) is 0 Å². The Labute approximate surface area is 71.2 Å². The van der Waals surface area contributed by atoms with Gasteiger partial charge in [-0.3, -0.25) is 0 Å². The topological polar surface area (TPSA) is 34.1 Å². The van der Waals surface area contributed by atoms with E-state index in [0.717, 1.165) is 0 Å². The molecule has 37 valence electrons. The zero-order chi connectivity index (χ0) is 4.12. The zero-order valence-corrected chi connectivity index (χ0v) is 9.08. The second-order valence-corrected chi connectivity index (χ2v) is 0.380. The molecule has 0 fully saturated rings. The van der Waals surface area contributed by atoms with Crippen molar-refractivity contribution in [3.63, 3.8) is 0 Å². The Morgan fingerprint density at radius 1 is 1.00 bits per heavy atom. The molecule has 0 aromatic heterocycles. The van der Waals surface area contributed by atoms with Crippen LogP contribution in [0.1, 0.15) is 0 Å². The van der Waals surface area contributed by atoms with E-state index in [2.05, 4.69) is 0 Å². The van der Waals surface area contributed by atoms with Gasteiger partial charge in [-0.25, -0.2) is 7.28 Å². The van der Waals surface area contributed by atoms with Crippen LogP contribution in [0, 0.1) is 0 Å². The largest absolute Gasteiger partial charge is 0.551 e. The molecule has 0 aromatic carbocycles. The molecule has 0 atom stereocenters. The summed E-state index contributed by atoms with van der Waals surface area (Å²) in [6.07, 6.45) is 2.44. The van der Waals surface area contributed by atoms with Gasteiger partial charge in [0.05, 0.1) is 0 Å². The first-order chi connectivity index (χ1) is 2.41. The van der Waals surface area contributed by atoms with Crippen LogP contribution in [0.4, 0.5) is 0 Å². The Hall–Kier alpha value is 0.782. The van der Waals surface area contributed by atoms with E-state index in [4.69, 9.17) is 9.59 Å². The van der Waals surface area contributed by atoms with Crippen molar-refractivity contribution in [2.45, 2.75) is 0 Å². The summed E-state index contributed by atoms with van der Waals surface area (Å²) >= 11 is 0.